The summed E-state index contributed by atoms with van der Waals surface area (Å²) in [5.74, 6) is 0.594. The number of ether oxygens (including phenoxy) is 2. The third-order valence-electron chi connectivity index (χ3n) is 8.31. The van der Waals surface area contributed by atoms with E-state index in [1.165, 1.54) is 0 Å². The van der Waals surface area contributed by atoms with Crippen molar-refractivity contribution in [2.24, 2.45) is 5.73 Å². The fourth-order valence-electron chi connectivity index (χ4n) is 5.81. The van der Waals surface area contributed by atoms with E-state index < -0.39 is 12.0 Å². The zero-order valence-corrected chi connectivity index (χ0v) is 25.7. The number of hydrogen-bond donors (Lipinski definition) is 2. The van der Waals surface area contributed by atoms with Crippen LogP contribution in [-0.4, -0.2) is 28.6 Å². The van der Waals surface area contributed by atoms with Crippen LogP contribution in [0.15, 0.2) is 133 Å². The largest absolute Gasteiger partial charge is 0.489 e. The molecule has 0 saturated heterocycles. The van der Waals surface area contributed by atoms with Crippen LogP contribution in [0.3, 0.4) is 0 Å². The van der Waals surface area contributed by atoms with E-state index in [1.54, 1.807) is 0 Å². The monoisotopic (exact) mass is 610 g/mol. The lowest BCUT2D eigenvalue weighted by Gasteiger charge is -2.27. The number of aliphatic carboxylic acids is 1. The second kappa shape index (κ2) is 14.7. The maximum absolute atomic E-state index is 11.7. The van der Waals surface area contributed by atoms with Crippen molar-refractivity contribution in [3.63, 3.8) is 0 Å². The summed E-state index contributed by atoms with van der Waals surface area (Å²) in [5, 5.41) is 14.0. The molecule has 0 aromatic heterocycles. The van der Waals surface area contributed by atoms with Crippen LogP contribution in [0.5, 0.6) is 11.5 Å². The standard InChI is InChI=1S/C40H38N2O4/c41-37(40(43)44)23-24-42(25-35-33-17-9-7-15-31(33)19-21-38(35)45-27-29-11-3-1-4-12-29)26-36-34-18-10-8-16-32(34)20-22-39(36)46-28-30-13-5-2-6-14-30/h1-22,37H,23-28,41H2,(H,43,44)/t37-/m0/s1. The molecule has 6 nitrogen and oxygen atoms in total. The van der Waals surface area contributed by atoms with E-state index in [0.717, 1.165) is 55.3 Å². The highest BCUT2D eigenvalue weighted by atomic mass is 16.5. The van der Waals surface area contributed by atoms with E-state index in [0.29, 0.717) is 39.3 Å². The number of benzene rings is 6. The van der Waals surface area contributed by atoms with Crippen molar-refractivity contribution >= 4 is 27.5 Å². The molecule has 0 amide bonds. The molecule has 6 rings (SSSR count). The van der Waals surface area contributed by atoms with Crippen LogP contribution < -0.4 is 15.2 Å². The molecule has 0 saturated carbocycles. The van der Waals surface area contributed by atoms with Crippen molar-refractivity contribution in [3.05, 3.63) is 156 Å². The highest BCUT2D eigenvalue weighted by molar-refractivity contribution is 5.89. The second-order valence-corrected chi connectivity index (χ2v) is 11.5. The second-order valence-electron chi connectivity index (χ2n) is 11.5. The van der Waals surface area contributed by atoms with Crippen LogP contribution in [0.25, 0.3) is 21.5 Å². The molecule has 6 aromatic carbocycles. The third-order valence-corrected chi connectivity index (χ3v) is 8.31. The Bertz CT molecular complexity index is 1780. The van der Waals surface area contributed by atoms with Crippen molar-refractivity contribution in [1.82, 2.24) is 4.90 Å². The van der Waals surface area contributed by atoms with E-state index in [-0.39, 0.29) is 0 Å². The van der Waals surface area contributed by atoms with E-state index in [4.69, 9.17) is 15.2 Å². The fourth-order valence-corrected chi connectivity index (χ4v) is 5.81. The van der Waals surface area contributed by atoms with Gasteiger partial charge in [0.05, 0.1) is 0 Å². The van der Waals surface area contributed by atoms with E-state index >= 15 is 0 Å². The van der Waals surface area contributed by atoms with Gasteiger partial charge in [-0.3, -0.25) is 9.69 Å². The van der Waals surface area contributed by atoms with Gasteiger partial charge in [0, 0.05) is 30.8 Å². The van der Waals surface area contributed by atoms with Crippen LogP contribution in [0.2, 0.25) is 0 Å². The summed E-state index contributed by atoms with van der Waals surface area (Å²) in [4.78, 5) is 14.0. The molecule has 6 heteroatoms. The van der Waals surface area contributed by atoms with Crippen LogP contribution in [-0.2, 0) is 31.1 Å². The number of carbonyl (C=O) groups is 1. The SMILES string of the molecule is N[C@@H](CCN(Cc1c(OCc2ccccc2)ccc2ccccc12)Cc1c(OCc2ccccc2)ccc2ccccc12)C(=O)O. The molecule has 0 aliphatic carbocycles. The molecule has 0 radical (unpaired) electrons. The molecule has 232 valence electrons. The van der Waals surface area contributed by atoms with Gasteiger partial charge in [-0.2, -0.15) is 0 Å². The Balaban J connectivity index is 1.37. The number of nitrogens with two attached hydrogens (primary N) is 1. The van der Waals surface area contributed by atoms with Crippen molar-refractivity contribution < 1.29 is 19.4 Å². The van der Waals surface area contributed by atoms with Gasteiger partial charge in [0.2, 0.25) is 0 Å². The van der Waals surface area contributed by atoms with Gasteiger partial charge in [0.15, 0.2) is 0 Å². The van der Waals surface area contributed by atoms with Gasteiger partial charge < -0.3 is 20.3 Å². The highest BCUT2D eigenvalue weighted by Gasteiger charge is 2.20. The summed E-state index contributed by atoms with van der Waals surface area (Å²) in [6, 6.07) is 44.1. The summed E-state index contributed by atoms with van der Waals surface area (Å²) in [7, 11) is 0. The van der Waals surface area contributed by atoms with E-state index in [9.17, 15) is 9.90 Å². The number of rotatable bonds is 14. The molecule has 0 aliphatic heterocycles. The lowest BCUT2D eigenvalue weighted by molar-refractivity contribution is -0.138. The molecule has 0 unspecified atom stereocenters. The van der Waals surface area contributed by atoms with Gasteiger partial charge in [-0.1, -0.05) is 121 Å². The minimum Gasteiger partial charge on any atom is -0.489 e. The van der Waals surface area contributed by atoms with Crippen molar-refractivity contribution in [3.8, 4) is 11.5 Å². The van der Waals surface area contributed by atoms with Crippen LogP contribution in [0, 0.1) is 0 Å². The summed E-state index contributed by atoms with van der Waals surface area (Å²) in [5.41, 5.74) is 10.3. The number of carboxylic acids is 1. The van der Waals surface area contributed by atoms with Gasteiger partial charge in [0.25, 0.3) is 0 Å². The maximum Gasteiger partial charge on any atom is 0.320 e. The molecule has 0 heterocycles. The third kappa shape index (κ3) is 7.54. The Kier molecular flexibility index (Phi) is 9.88. The zero-order chi connectivity index (χ0) is 31.7. The van der Waals surface area contributed by atoms with Gasteiger partial charge in [0.1, 0.15) is 30.8 Å². The smallest absolute Gasteiger partial charge is 0.320 e. The Morgan fingerprint density at radius 2 is 1.04 bits per heavy atom. The van der Waals surface area contributed by atoms with Gasteiger partial charge >= 0.3 is 5.97 Å². The molecule has 0 bridgehead atoms. The predicted molar refractivity (Wildman–Crippen MR) is 184 cm³/mol. The molecule has 3 N–H and O–H groups in total. The quantitative estimate of drug-likeness (QED) is 0.130. The number of nitrogens with zero attached hydrogens (tertiary/aromatic N) is 1. The minimum absolute atomic E-state index is 0.297. The molecular formula is C40H38N2O4. The number of hydrogen-bond acceptors (Lipinski definition) is 5. The van der Waals surface area contributed by atoms with Crippen molar-refractivity contribution in [1.29, 1.82) is 0 Å². The van der Waals surface area contributed by atoms with Crippen LogP contribution >= 0.6 is 0 Å². The zero-order valence-electron chi connectivity index (χ0n) is 25.7. The Morgan fingerprint density at radius 1 is 0.609 bits per heavy atom. The number of carboxylic acid groups (broad SMARTS) is 1. The molecule has 1 atom stereocenters. The van der Waals surface area contributed by atoms with Gasteiger partial charge in [-0.25, -0.2) is 0 Å². The van der Waals surface area contributed by atoms with E-state index in [2.05, 4.69) is 65.6 Å². The first-order valence-electron chi connectivity index (χ1n) is 15.6. The molecule has 46 heavy (non-hydrogen) atoms. The lowest BCUT2D eigenvalue weighted by atomic mass is 10.0. The van der Waals surface area contributed by atoms with Gasteiger partial charge in [-0.15, -0.1) is 0 Å². The first kappa shape index (κ1) is 30.8. The van der Waals surface area contributed by atoms with Crippen molar-refractivity contribution in [2.75, 3.05) is 6.54 Å². The minimum atomic E-state index is -1.01. The topological polar surface area (TPSA) is 85.0 Å². The summed E-state index contributed by atoms with van der Waals surface area (Å²) < 4.78 is 12.9. The summed E-state index contributed by atoms with van der Waals surface area (Å²) in [6.45, 7) is 2.40. The fraction of sp³-hybridized carbons (Fsp3) is 0.175. The maximum atomic E-state index is 11.7. The first-order chi connectivity index (χ1) is 22.5. The average Bonchev–Trinajstić information content (AvgIpc) is 3.10. The molecular weight excluding hydrogens is 572 g/mol. The van der Waals surface area contributed by atoms with Crippen LogP contribution in [0.1, 0.15) is 28.7 Å². The highest BCUT2D eigenvalue weighted by Crippen LogP contribution is 2.34. The average molecular weight is 611 g/mol. The normalized spacial score (nSPS) is 12.0. The predicted octanol–water partition coefficient (Wildman–Crippen LogP) is 7.96. The Hall–Kier alpha value is -5.17. The van der Waals surface area contributed by atoms with Crippen LogP contribution in [0.4, 0.5) is 0 Å². The van der Waals surface area contributed by atoms with Crippen molar-refractivity contribution in [2.45, 2.75) is 38.8 Å². The molecule has 0 fully saturated rings. The summed E-state index contributed by atoms with van der Waals surface area (Å²) >= 11 is 0. The van der Waals surface area contributed by atoms with E-state index in [1.807, 2.05) is 72.8 Å². The Labute approximate surface area is 269 Å². The molecule has 0 spiro atoms. The Morgan fingerprint density at radius 3 is 1.50 bits per heavy atom. The number of fused-ring (bicyclic) bond motifs is 2. The lowest BCUT2D eigenvalue weighted by Crippen LogP contribution is -2.35. The first-order valence-corrected chi connectivity index (χ1v) is 15.6. The van der Waals surface area contributed by atoms with Gasteiger partial charge in [-0.05, 0) is 51.2 Å². The molecule has 6 aromatic rings. The molecule has 0 aliphatic rings. The summed E-state index contributed by atoms with van der Waals surface area (Å²) in [6.07, 6.45) is 0.297.